The Labute approximate surface area is 389 Å². The number of carbonyl (C=O) groups is 7. The van der Waals surface area contributed by atoms with E-state index in [1.54, 1.807) is 24.3 Å². The molecule has 5 atom stereocenters. The van der Waals surface area contributed by atoms with Gasteiger partial charge in [-0.2, -0.15) is 0 Å². The fourth-order valence-electron chi connectivity index (χ4n) is 7.59. The fourth-order valence-corrected chi connectivity index (χ4v) is 7.59. The van der Waals surface area contributed by atoms with E-state index in [1.165, 1.54) is 76.5 Å². The Kier molecular flexibility index (Phi) is 24.2. The summed E-state index contributed by atoms with van der Waals surface area (Å²) in [5, 5.41) is 25.5. The van der Waals surface area contributed by atoms with Crippen LogP contribution < -0.4 is 42.8 Å². The van der Waals surface area contributed by atoms with Gasteiger partial charge in [0.15, 0.2) is 12.4 Å². The van der Waals surface area contributed by atoms with Gasteiger partial charge in [0.1, 0.15) is 42.3 Å². The van der Waals surface area contributed by atoms with Gasteiger partial charge in [-0.3, -0.25) is 33.6 Å². The number of phenols is 1. The molecule has 2 aromatic carbocycles. The summed E-state index contributed by atoms with van der Waals surface area (Å²) < 4.78 is 10.8. The Bertz CT molecular complexity index is 1930. The number of Topliss-reactive ketones (excluding diaryl/α,β-unsaturated/α-hetero) is 1. The van der Waals surface area contributed by atoms with E-state index in [0.29, 0.717) is 42.8 Å². The van der Waals surface area contributed by atoms with Crippen molar-refractivity contribution >= 4 is 41.3 Å². The number of amides is 5. The second-order valence-electron chi connectivity index (χ2n) is 16.9. The standard InChI is InChI=1S/C48H74N8O10/c1-6-7-8-9-10-11-12-15-24-51-25-21-43(60)54-38(16-13-14-22-49)48(64)56(5)44-35-18-19-40(58)36(29-35)37-27-34(17-20-42(37)65-26-23-50)28-39(55-45(61)32(3)53-47(44)63)46(62)52-31(2)41(59)30-66-33(4)57/h17-20,27,29,31-32,38-39,44,51,58H,6-16,21-26,28,30,49-50H2,1-5H3,(H,52,62)(H,53,63)(H,54,60)(H,55,61)/t31-,32-,38-,39-,44-/m0/s1. The Morgan fingerprint density at radius 3 is 2.26 bits per heavy atom. The summed E-state index contributed by atoms with van der Waals surface area (Å²) >= 11 is 0. The van der Waals surface area contributed by atoms with Crippen molar-refractivity contribution in [3.8, 4) is 22.6 Å². The number of carbonyl (C=O) groups excluding carboxylic acids is 7. The molecule has 18 heteroatoms. The van der Waals surface area contributed by atoms with E-state index in [-0.39, 0.29) is 55.2 Å². The van der Waals surface area contributed by atoms with Crippen molar-refractivity contribution in [2.75, 3.05) is 46.4 Å². The van der Waals surface area contributed by atoms with Gasteiger partial charge in [-0.25, -0.2) is 0 Å². The van der Waals surface area contributed by atoms with E-state index in [0.717, 1.165) is 26.3 Å². The number of ether oxygens (including phenoxy) is 2. The van der Waals surface area contributed by atoms with Crippen LogP contribution in [0, 0.1) is 0 Å². The first-order valence-corrected chi connectivity index (χ1v) is 23.4. The highest BCUT2D eigenvalue weighted by atomic mass is 16.5. The van der Waals surface area contributed by atoms with Gasteiger partial charge in [0.05, 0.1) is 6.04 Å². The van der Waals surface area contributed by atoms with Crippen LogP contribution in [-0.2, 0) is 44.7 Å². The molecule has 66 heavy (non-hydrogen) atoms. The third-order valence-electron chi connectivity index (χ3n) is 11.4. The van der Waals surface area contributed by atoms with Crippen LogP contribution in [-0.4, -0.2) is 122 Å². The van der Waals surface area contributed by atoms with Crippen LogP contribution in [0.1, 0.15) is 122 Å². The predicted octanol–water partition coefficient (Wildman–Crippen LogP) is 2.81. The molecule has 1 aliphatic rings. The number of phenolic OH excluding ortho intramolecular Hbond substituents is 1. The van der Waals surface area contributed by atoms with Crippen LogP contribution in [0.4, 0.5) is 0 Å². The first kappa shape index (κ1) is 54.7. The summed E-state index contributed by atoms with van der Waals surface area (Å²) in [6.07, 6.45) is 11.0. The van der Waals surface area contributed by atoms with Crippen LogP contribution in [0.2, 0.25) is 0 Å². The molecule has 366 valence electrons. The number of nitrogens with two attached hydrogens (primary N) is 2. The number of nitrogens with one attached hydrogen (secondary N) is 5. The maximum atomic E-state index is 14.5. The molecule has 0 aromatic heterocycles. The number of hydrogen-bond acceptors (Lipinski definition) is 13. The van der Waals surface area contributed by atoms with Crippen molar-refractivity contribution in [2.45, 2.75) is 141 Å². The molecule has 0 radical (unpaired) electrons. The van der Waals surface area contributed by atoms with E-state index in [4.69, 9.17) is 20.9 Å². The fraction of sp³-hybridized carbons (Fsp3) is 0.604. The molecule has 10 N–H and O–H groups in total. The van der Waals surface area contributed by atoms with Crippen LogP contribution in [0.15, 0.2) is 36.4 Å². The Morgan fingerprint density at radius 2 is 1.58 bits per heavy atom. The van der Waals surface area contributed by atoms with E-state index in [9.17, 15) is 38.7 Å². The van der Waals surface area contributed by atoms with Gasteiger partial charge < -0.3 is 57.5 Å². The number of aromatic hydroxyl groups is 1. The quantitative estimate of drug-likeness (QED) is 0.0474. The Balaban J connectivity index is 1.96. The van der Waals surface area contributed by atoms with Crippen LogP contribution in [0.5, 0.6) is 11.5 Å². The molecule has 2 aromatic rings. The van der Waals surface area contributed by atoms with Crippen molar-refractivity contribution in [1.29, 1.82) is 0 Å². The lowest BCUT2D eigenvalue weighted by atomic mass is 9.93. The monoisotopic (exact) mass is 923 g/mol. The maximum Gasteiger partial charge on any atom is 0.303 e. The summed E-state index contributed by atoms with van der Waals surface area (Å²) in [5.74, 6) is -4.28. The molecule has 18 nitrogen and oxygen atoms in total. The first-order chi connectivity index (χ1) is 31.6. The average molecular weight is 923 g/mol. The van der Waals surface area contributed by atoms with Gasteiger partial charge in [-0.05, 0) is 88.0 Å². The molecule has 1 heterocycles. The lowest BCUT2D eigenvalue weighted by Gasteiger charge is -2.32. The Hall–Kier alpha value is -5.59. The number of hydrogen-bond donors (Lipinski definition) is 8. The number of unbranched alkanes of at least 4 members (excludes halogenated alkanes) is 8. The van der Waals surface area contributed by atoms with Gasteiger partial charge in [-0.15, -0.1) is 0 Å². The molecular formula is C48H74N8O10. The molecule has 0 aliphatic carbocycles. The van der Waals surface area contributed by atoms with E-state index in [2.05, 4.69) is 33.5 Å². The Morgan fingerprint density at radius 1 is 0.864 bits per heavy atom. The highest BCUT2D eigenvalue weighted by molar-refractivity contribution is 5.97. The van der Waals surface area contributed by atoms with E-state index in [1.807, 2.05) is 0 Å². The summed E-state index contributed by atoms with van der Waals surface area (Å²) in [6, 6.07) is 3.36. The van der Waals surface area contributed by atoms with Gasteiger partial charge in [0.25, 0.3) is 0 Å². The van der Waals surface area contributed by atoms with Crippen LogP contribution >= 0.6 is 0 Å². The van der Waals surface area contributed by atoms with Gasteiger partial charge >= 0.3 is 5.97 Å². The van der Waals surface area contributed by atoms with Crippen molar-refractivity contribution in [3.63, 3.8) is 0 Å². The smallest absolute Gasteiger partial charge is 0.303 e. The van der Waals surface area contributed by atoms with Crippen molar-refractivity contribution in [1.82, 2.24) is 31.5 Å². The largest absolute Gasteiger partial charge is 0.507 e. The normalized spacial score (nSPS) is 17.0. The second-order valence-corrected chi connectivity index (χ2v) is 16.9. The lowest BCUT2D eigenvalue weighted by molar-refractivity contribution is -0.146. The second kappa shape index (κ2) is 29.1. The molecule has 1 aliphatic heterocycles. The zero-order valence-corrected chi connectivity index (χ0v) is 39.5. The molecule has 0 fully saturated rings. The molecule has 0 unspecified atom stereocenters. The van der Waals surface area contributed by atoms with Crippen molar-refractivity contribution in [3.05, 3.63) is 47.5 Å². The molecule has 0 saturated carbocycles. The minimum absolute atomic E-state index is 0.0971. The van der Waals surface area contributed by atoms with Crippen molar-refractivity contribution in [2.24, 2.45) is 11.5 Å². The van der Waals surface area contributed by atoms with Crippen molar-refractivity contribution < 1.29 is 48.1 Å². The van der Waals surface area contributed by atoms with Crippen LogP contribution in [0.25, 0.3) is 11.1 Å². The minimum Gasteiger partial charge on any atom is -0.507 e. The molecule has 5 amide bonds. The number of nitrogens with zero attached hydrogens (tertiary/aromatic N) is 1. The number of likely N-dealkylation sites (N-methyl/N-ethyl adjacent to an activating group) is 1. The zero-order chi connectivity index (χ0) is 48.6. The first-order valence-electron chi connectivity index (χ1n) is 23.4. The topological polar surface area (TPSA) is 274 Å². The third-order valence-corrected chi connectivity index (χ3v) is 11.4. The highest BCUT2D eigenvalue weighted by Crippen LogP contribution is 2.39. The molecule has 3 rings (SSSR count). The highest BCUT2D eigenvalue weighted by Gasteiger charge is 2.36. The maximum absolute atomic E-state index is 14.5. The minimum atomic E-state index is -1.39. The summed E-state index contributed by atoms with van der Waals surface area (Å²) in [4.78, 5) is 95.1. The number of esters is 1. The van der Waals surface area contributed by atoms with Gasteiger partial charge in [0, 0.05) is 51.0 Å². The average Bonchev–Trinajstić information content (AvgIpc) is 3.28. The molecule has 0 saturated heterocycles. The third kappa shape index (κ3) is 18.0. The number of fused-ring (bicyclic) bond motifs is 5. The molecule has 4 bridgehead atoms. The van der Waals surface area contributed by atoms with E-state index >= 15 is 0 Å². The predicted molar refractivity (Wildman–Crippen MR) is 251 cm³/mol. The number of benzene rings is 2. The van der Waals surface area contributed by atoms with Crippen LogP contribution in [0.3, 0.4) is 0 Å². The SMILES string of the molecule is CCCCCCCCCCNCCC(=O)N[C@@H](CCCCN)C(=O)N(C)[C@@H]1C(=O)N[C@@H](C)C(=O)N[C@H](C(=O)N[C@@H](C)C(=O)COC(C)=O)Cc2ccc(OCCN)c(c2)-c2cc1ccc2O. The number of rotatable bonds is 27. The summed E-state index contributed by atoms with van der Waals surface area (Å²) in [6.45, 7) is 7.49. The lowest BCUT2D eigenvalue weighted by Crippen LogP contribution is -2.57. The van der Waals surface area contributed by atoms with E-state index < -0.39 is 72.2 Å². The molecule has 0 spiro atoms. The van der Waals surface area contributed by atoms with Gasteiger partial charge in [0.2, 0.25) is 29.5 Å². The zero-order valence-electron chi connectivity index (χ0n) is 39.5. The van der Waals surface area contributed by atoms with Gasteiger partial charge in [-0.1, -0.05) is 64.0 Å². The number of ketones is 1. The summed E-state index contributed by atoms with van der Waals surface area (Å²) in [7, 11) is 1.43. The molecular weight excluding hydrogens is 849 g/mol. The summed E-state index contributed by atoms with van der Waals surface area (Å²) in [5.41, 5.74) is 12.9.